The number of carbonyl (C=O) groups excluding carboxylic acids is 1. The minimum Gasteiger partial charge on any atom is -0.381 e. The molecule has 2 fully saturated rings. The first-order valence-corrected chi connectivity index (χ1v) is 17.0. The molecule has 1 aliphatic heterocycles. The highest BCUT2D eigenvalue weighted by Crippen LogP contribution is 2.41. The van der Waals surface area contributed by atoms with Crippen LogP contribution in [0.15, 0.2) is 42.7 Å². The second kappa shape index (κ2) is 13.7. The van der Waals surface area contributed by atoms with E-state index in [9.17, 15) is 17.6 Å². The van der Waals surface area contributed by atoms with E-state index in [1.807, 2.05) is 6.92 Å². The van der Waals surface area contributed by atoms with Crippen molar-refractivity contribution >= 4 is 21.4 Å². The first-order chi connectivity index (χ1) is 21.8. The second-order valence-corrected chi connectivity index (χ2v) is 14.4. The summed E-state index contributed by atoms with van der Waals surface area (Å²) in [6.45, 7) is 2.20. The van der Waals surface area contributed by atoms with E-state index < -0.39 is 56.2 Å². The van der Waals surface area contributed by atoms with Crippen molar-refractivity contribution in [3.63, 3.8) is 0 Å². The smallest absolute Gasteiger partial charge is 0.274 e. The number of nitrogens with zero attached hydrogens (tertiary/aromatic N) is 2. The normalized spacial score (nSPS) is 23.2. The van der Waals surface area contributed by atoms with Crippen molar-refractivity contribution in [3.8, 4) is 11.3 Å². The van der Waals surface area contributed by atoms with E-state index in [4.69, 9.17) is 15.2 Å². The van der Waals surface area contributed by atoms with Gasteiger partial charge in [0.05, 0.1) is 35.9 Å². The van der Waals surface area contributed by atoms with Crippen molar-refractivity contribution in [1.82, 2.24) is 9.97 Å². The zero-order valence-electron chi connectivity index (χ0n) is 25.4. The van der Waals surface area contributed by atoms with Crippen LogP contribution in [0.2, 0.25) is 0 Å². The number of hydrogen-bond donors (Lipinski definition) is 2. The highest BCUT2D eigenvalue weighted by Gasteiger charge is 2.37. The molecule has 1 aromatic carbocycles. The summed E-state index contributed by atoms with van der Waals surface area (Å²) < 4.78 is 94.8. The van der Waals surface area contributed by atoms with Gasteiger partial charge in [-0.05, 0) is 66.1 Å². The first kappa shape index (κ1) is 33.9. The molecule has 3 aromatic rings. The van der Waals surface area contributed by atoms with E-state index in [1.54, 1.807) is 12.3 Å². The van der Waals surface area contributed by atoms with Crippen LogP contribution in [-0.4, -0.2) is 68.3 Å². The van der Waals surface area contributed by atoms with Crippen LogP contribution in [0.3, 0.4) is 0 Å². The summed E-state index contributed by atoms with van der Waals surface area (Å²) in [6, 6.07) is 4.98. The maximum absolute atomic E-state index is 15.4. The molecule has 2 aliphatic rings. The molecule has 1 saturated carbocycles. The van der Waals surface area contributed by atoms with Gasteiger partial charge in [-0.3, -0.25) is 9.78 Å². The Hall–Kier alpha value is -3.46. The lowest BCUT2D eigenvalue weighted by molar-refractivity contribution is -0.0153. The number of ether oxygens (including phenoxy) is 2. The summed E-state index contributed by atoms with van der Waals surface area (Å²) in [6.07, 6.45) is 4.78. The number of halogens is 4. The number of nitrogens with two attached hydrogens (primary N) is 1. The number of carbonyl (C=O) groups is 1. The Morgan fingerprint density at radius 1 is 1.11 bits per heavy atom. The predicted octanol–water partition coefficient (Wildman–Crippen LogP) is 5.06. The number of pyridine rings is 2. The third-order valence-corrected chi connectivity index (χ3v) is 9.57. The Morgan fingerprint density at radius 3 is 2.46 bits per heavy atom. The lowest BCUT2D eigenvalue weighted by Crippen LogP contribution is -2.47. The molecular weight excluding hydrogens is 628 g/mol. The Kier molecular flexibility index (Phi) is 10.1. The topological polar surface area (TPSA) is 134 Å². The summed E-state index contributed by atoms with van der Waals surface area (Å²) in [4.78, 5) is 21.4. The maximum Gasteiger partial charge on any atom is 0.274 e. The molecule has 4 atom stereocenters. The molecule has 248 valence electrons. The molecule has 2 aromatic heterocycles. The molecule has 1 amide bonds. The lowest BCUT2D eigenvalue weighted by Gasteiger charge is -2.39. The van der Waals surface area contributed by atoms with Gasteiger partial charge in [0, 0.05) is 44.5 Å². The van der Waals surface area contributed by atoms with Crippen LogP contribution in [0.1, 0.15) is 60.1 Å². The van der Waals surface area contributed by atoms with Gasteiger partial charge in [-0.1, -0.05) is 6.92 Å². The molecule has 3 N–H and O–H groups in total. The lowest BCUT2D eigenvalue weighted by atomic mass is 9.74. The fourth-order valence-electron chi connectivity index (χ4n) is 6.28. The van der Waals surface area contributed by atoms with Crippen LogP contribution in [0, 0.1) is 23.4 Å². The number of aromatic nitrogens is 2. The Morgan fingerprint density at radius 2 is 1.80 bits per heavy atom. The van der Waals surface area contributed by atoms with Crippen molar-refractivity contribution in [1.29, 1.82) is 0 Å². The molecule has 0 bridgehead atoms. The number of alkyl halides is 1. The third-order valence-electron chi connectivity index (χ3n) is 8.66. The van der Waals surface area contributed by atoms with E-state index in [-0.39, 0.29) is 67.6 Å². The van der Waals surface area contributed by atoms with Crippen molar-refractivity contribution in [3.05, 3.63) is 77.0 Å². The van der Waals surface area contributed by atoms with Gasteiger partial charge in [-0.15, -0.1) is 0 Å². The van der Waals surface area contributed by atoms with Gasteiger partial charge in [0.1, 0.15) is 44.3 Å². The van der Waals surface area contributed by atoms with Gasteiger partial charge < -0.3 is 20.5 Å². The van der Waals surface area contributed by atoms with E-state index in [0.29, 0.717) is 18.5 Å². The quantitative estimate of drug-likeness (QED) is 0.304. The van der Waals surface area contributed by atoms with Gasteiger partial charge in [0.2, 0.25) is 0 Å². The third kappa shape index (κ3) is 7.56. The van der Waals surface area contributed by atoms with Crippen LogP contribution in [0.5, 0.6) is 0 Å². The van der Waals surface area contributed by atoms with Crippen molar-refractivity contribution in [2.45, 2.75) is 56.3 Å². The van der Waals surface area contributed by atoms with E-state index in [0.717, 1.165) is 36.1 Å². The molecule has 0 spiro atoms. The summed E-state index contributed by atoms with van der Waals surface area (Å²) in [5.74, 6) is -4.49. The Balaban J connectivity index is 1.34. The largest absolute Gasteiger partial charge is 0.381 e. The molecule has 1 aliphatic carbocycles. The van der Waals surface area contributed by atoms with E-state index in [1.165, 1.54) is 6.20 Å². The zero-order chi connectivity index (χ0) is 33.2. The molecular formula is C32H36F4N4O5S. The number of anilines is 1. The van der Waals surface area contributed by atoms with Gasteiger partial charge in [-0.25, -0.2) is 31.0 Å². The second-order valence-electron chi connectivity index (χ2n) is 12.1. The van der Waals surface area contributed by atoms with Crippen molar-refractivity contribution in [2.24, 2.45) is 11.7 Å². The number of nitrogens with one attached hydrogen (secondary N) is 1. The van der Waals surface area contributed by atoms with Gasteiger partial charge in [0.25, 0.3) is 5.91 Å². The molecule has 3 heterocycles. The summed E-state index contributed by atoms with van der Waals surface area (Å²) >= 11 is 0. The predicted molar refractivity (Wildman–Crippen MR) is 163 cm³/mol. The molecule has 0 radical (unpaired) electrons. The van der Waals surface area contributed by atoms with Gasteiger partial charge in [0.15, 0.2) is 0 Å². The summed E-state index contributed by atoms with van der Waals surface area (Å²) in [7, 11) is -3.18. The molecule has 14 heteroatoms. The number of amides is 1. The molecule has 1 saturated heterocycles. The average molecular weight is 665 g/mol. The Labute approximate surface area is 264 Å². The van der Waals surface area contributed by atoms with E-state index >= 15 is 13.2 Å². The Bertz CT molecular complexity index is 1670. The number of benzene rings is 1. The fraction of sp³-hybridized carbons (Fsp3) is 0.469. The monoisotopic (exact) mass is 664 g/mol. The number of hydrogen-bond acceptors (Lipinski definition) is 8. The minimum absolute atomic E-state index is 0.0266. The maximum atomic E-state index is 15.4. The van der Waals surface area contributed by atoms with Crippen molar-refractivity contribution < 1.29 is 40.2 Å². The number of sulfone groups is 1. The number of rotatable bonds is 9. The average Bonchev–Trinajstić information content (AvgIpc) is 2.99. The molecule has 4 unspecified atom stereocenters. The van der Waals surface area contributed by atoms with Crippen molar-refractivity contribution in [2.75, 3.05) is 37.1 Å². The van der Waals surface area contributed by atoms with Crippen LogP contribution < -0.4 is 11.1 Å². The van der Waals surface area contributed by atoms with E-state index in [2.05, 4.69) is 15.3 Å². The van der Waals surface area contributed by atoms with Crippen LogP contribution in [0.25, 0.3) is 11.3 Å². The molecule has 5 rings (SSSR count). The van der Waals surface area contributed by atoms with Crippen LogP contribution >= 0.6 is 0 Å². The summed E-state index contributed by atoms with van der Waals surface area (Å²) in [5, 5.41) is 2.73. The highest BCUT2D eigenvalue weighted by atomic mass is 32.2. The van der Waals surface area contributed by atoms with Crippen LogP contribution in [-0.2, 0) is 25.0 Å². The molecule has 46 heavy (non-hydrogen) atoms. The first-order valence-electron chi connectivity index (χ1n) is 15.0. The highest BCUT2D eigenvalue weighted by molar-refractivity contribution is 7.90. The summed E-state index contributed by atoms with van der Waals surface area (Å²) in [5.41, 5.74) is 3.49. The van der Waals surface area contributed by atoms with Gasteiger partial charge in [-0.2, -0.15) is 0 Å². The fourth-order valence-corrected chi connectivity index (χ4v) is 6.68. The molecule has 9 nitrogen and oxygen atoms in total. The SMILES string of the molecule is CC1CC(c2ccncc2NC(=O)c2ccc(F)c(-c3c(F)cc(C4(F)CCOCC4)cc3F)n2)CC(N)C1OCCS(C)(=O)=O. The standard InChI is InChI=1S/C32H36F4N4O5S/c1-18-13-19(14-25(37)30(18)45-11-12-46(2,42)43)21-5-8-38-17-27(21)40-31(41)26-4-3-22(33)29(39-26)28-23(34)15-20(16-24(28)35)32(36)6-9-44-10-7-32/h3-5,8,15-19,25,30H,6-7,9-14,37H2,1-2H3,(H,40,41). The van der Waals surface area contributed by atoms with Gasteiger partial charge >= 0.3 is 0 Å². The zero-order valence-corrected chi connectivity index (χ0v) is 26.3. The van der Waals surface area contributed by atoms with Crippen LogP contribution in [0.4, 0.5) is 23.2 Å². The minimum atomic E-state index is -3.18.